The van der Waals surface area contributed by atoms with Crippen LogP contribution in [0.5, 0.6) is 0 Å². The van der Waals surface area contributed by atoms with Crippen molar-refractivity contribution in [3.63, 3.8) is 0 Å². The lowest BCUT2D eigenvalue weighted by Crippen LogP contribution is -2.33. The monoisotopic (exact) mass is 301 g/mol. The van der Waals surface area contributed by atoms with Crippen LogP contribution in [-0.4, -0.2) is 29.8 Å². The molecule has 3 rings (SSSR count). The molecule has 1 fully saturated rings. The zero-order valence-electron chi connectivity index (χ0n) is 10.0. The van der Waals surface area contributed by atoms with Gasteiger partial charge in [0, 0.05) is 23.7 Å². The third-order valence-electron chi connectivity index (χ3n) is 2.73. The number of hydrogen-bond acceptors (Lipinski definition) is 5. The largest absolute Gasteiger partial charge is 0.366 e. The molecule has 5 nitrogen and oxygen atoms in total. The standard InChI is InChI=1S/C12H12ClN3O2.ClH/c13-9-3-1-2-8(6-9)11-15-12(18-16-11)10-7-14-4-5-17-10;/h1-3,6,10,14H,4-5,7H2;1H/t10-;/m1./s1. The van der Waals surface area contributed by atoms with Crippen LogP contribution < -0.4 is 5.32 Å². The maximum absolute atomic E-state index is 5.93. The maximum Gasteiger partial charge on any atom is 0.257 e. The highest BCUT2D eigenvalue weighted by Crippen LogP contribution is 2.23. The molecule has 1 saturated heterocycles. The fraction of sp³-hybridized carbons (Fsp3) is 0.333. The summed E-state index contributed by atoms with van der Waals surface area (Å²) in [6.07, 6.45) is -0.167. The van der Waals surface area contributed by atoms with E-state index in [-0.39, 0.29) is 18.5 Å². The Labute approximate surface area is 121 Å². The Morgan fingerprint density at radius 2 is 2.26 bits per heavy atom. The fourth-order valence-corrected chi connectivity index (χ4v) is 2.03. The van der Waals surface area contributed by atoms with Crippen molar-refractivity contribution >= 4 is 24.0 Å². The van der Waals surface area contributed by atoms with E-state index in [0.717, 1.165) is 12.1 Å². The van der Waals surface area contributed by atoms with E-state index in [4.69, 9.17) is 20.9 Å². The molecule has 7 heteroatoms. The molecule has 2 heterocycles. The van der Waals surface area contributed by atoms with Crippen LogP contribution in [0.25, 0.3) is 11.4 Å². The van der Waals surface area contributed by atoms with Crippen LogP contribution in [0, 0.1) is 0 Å². The Morgan fingerprint density at radius 3 is 3.00 bits per heavy atom. The highest BCUT2D eigenvalue weighted by atomic mass is 35.5. The summed E-state index contributed by atoms with van der Waals surface area (Å²) >= 11 is 5.93. The molecule has 2 aromatic rings. The summed E-state index contributed by atoms with van der Waals surface area (Å²) in [6, 6.07) is 7.35. The Hall–Kier alpha value is -1.14. The van der Waals surface area contributed by atoms with Crippen molar-refractivity contribution < 1.29 is 9.26 Å². The first-order valence-corrected chi connectivity index (χ1v) is 6.12. The van der Waals surface area contributed by atoms with Crippen LogP contribution in [0.15, 0.2) is 28.8 Å². The second-order valence-corrected chi connectivity index (χ2v) is 4.47. The molecule has 0 bridgehead atoms. The molecule has 0 saturated carbocycles. The van der Waals surface area contributed by atoms with Gasteiger partial charge in [0.25, 0.3) is 5.89 Å². The van der Waals surface area contributed by atoms with E-state index >= 15 is 0 Å². The van der Waals surface area contributed by atoms with Crippen LogP contribution >= 0.6 is 24.0 Å². The second kappa shape index (κ2) is 6.34. The third-order valence-corrected chi connectivity index (χ3v) is 2.96. The number of nitrogens with one attached hydrogen (secondary N) is 1. The molecule has 1 N–H and O–H groups in total. The first kappa shape index (κ1) is 14.3. The minimum Gasteiger partial charge on any atom is -0.366 e. The third kappa shape index (κ3) is 3.25. The Morgan fingerprint density at radius 1 is 1.37 bits per heavy atom. The number of benzene rings is 1. The summed E-state index contributed by atoms with van der Waals surface area (Å²) in [4.78, 5) is 4.34. The number of ether oxygens (including phenoxy) is 1. The number of halogens is 2. The van der Waals surface area contributed by atoms with E-state index < -0.39 is 0 Å². The van der Waals surface area contributed by atoms with Gasteiger partial charge in [0.05, 0.1) is 6.61 Å². The Balaban J connectivity index is 0.00000133. The maximum atomic E-state index is 5.93. The first-order valence-electron chi connectivity index (χ1n) is 5.75. The Kier molecular flexibility index (Phi) is 4.76. The van der Waals surface area contributed by atoms with Crippen LogP contribution in [-0.2, 0) is 4.74 Å². The number of aromatic nitrogens is 2. The average molecular weight is 302 g/mol. The molecule has 102 valence electrons. The predicted octanol–water partition coefficient (Wildman–Crippen LogP) is 2.47. The molecule has 0 amide bonds. The molecule has 0 spiro atoms. The lowest BCUT2D eigenvalue weighted by molar-refractivity contribution is 0.00755. The topological polar surface area (TPSA) is 60.2 Å². The molecule has 19 heavy (non-hydrogen) atoms. The summed E-state index contributed by atoms with van der Waals surface area (Å²) in [6.45, 7) is 2.20. The van der Waals surface area contributed by atoms with Crippen molar-refractivity contribution in [1.82, 2.24) is 15.5 Å². The van der Waals surface area contributed by atoms with Gasteiger partial charge in [-0.15, -0.1) is 12.4 Å². The summed E-state index contributed by atoms with van der Waals surface area (Å²) < 4.78 is 10.8. The molecular formula is C12H13Cl2N3O2. The smallest absolute Gasteiger partial charge is 0.257 e. The zero-order chi connectivity index (χ0) is 12.4. The summed E-state index contributed by atoms with van der Waals surface area (Å²) in [5, 5.41) is 7.82. The fourth-order valence-electron chi connectivity index (χ4n) is 1.83. The van der Waals surface area contributed by atoms with E-state index in [1.165, 1.54) is 0 Å². The normalized spacial score (nSPS) is 18.9. The van der Waals surface area contributed by atoms with E-state index in [0.29, 0.717) is 29.9 Å². The Bertz CT molecular complexity index is 541. The van der Waals surface area contributed by atoms with Gasteiger partial charge in [0.15, 0.2) is 0 Å². The van der Waals surface area contributed by atoms with Gasteiger partial charge in [-0.25, -0.2) is 0 Å². The lowest BCUT2D eigenvalue weighted by atomic mass is 10.2. The lowest BCUT2D eigenvalue weighted by Gasteiger charge is -2.19. The minimum atomic E-state index is -0.167. The van der Waals surface area contributed by atoms with Gasteiger partial charge in [-0.2, -0.15) is 4.98 Å². The summed E-state index contributed by atoms with van der Waals surface area (Å²) in [5.41, 5.74) is 0.835. The van der Waals surface area contributed by atoms with E-state index in [2.05, 4.69) is 15.5 Å². The van der Waals surface area contributed by atoms with Gasteiger partial charge in [-0.3, -0.25) is 0 Å². The molecule has 0 unspecified atom stereocenters. The zero-order valence-corrected chi connectivity index (χ0v) is 11.6. The highest BCUT2D eigenvalue weighted by Gasteiger charge is 2.22. The molecule has 1 aromatic heterocycles. The van der Waals surface area contributed by atoms with Gasteiger partial charge < -0.3 is 14.6 Å². The van der Waals surface area contributed by atoms with Gasteiger partial charge >= 0.3 is 0 Å². The van der Waals surface area contributed by atoms with Crippen LogP contribution in [0.2, 0.25) is 5.02 Å². The summed E-state index contributed by atoms with van der Waals surface area (Å²) in [7, 11) is 0. The number of rotatable bonds is 2. The first-order chi connectivity index (χ1) is 8.83. The number of nitrogens with zero attached hydrogens (tertiary/aromatic N) is 2. The van der Waals surface area contributed by atoms with Gasteiger partial charge in [0.1, 0.15) is 6.10 Å². The number of hydrogen-bond donors (Lipinski definition) is 1. The molecule has 1 aliphatic rings. The summed E-state index contributed by atoms with van der Waals surface area (Å²) in [5.74, 6) is 1.03. The van der Waals surface area contributed by atoms with E-state index in [1.807, 2.05) is 12.1 Å². The number of morpholine rings is 1. The quantitative estimate of drug-likeness (QED) is 0.923. The molecule has 1 aromatic carbocycles. The van der Waals surface area contributed by atoms with Gasteiger partial charge in [0.2, 0.25) is 5.82 Å². The SMILES string of the molecule is Cl.Clc1cccc(-c2noc([C@H]3CNCCO3)n2)c1. The second-order valence-electron chi connectivity index (χ2n) is 4.03. The van der Waals surface area contributed by atoms with Crippen molar-refractivity contribution in [3.05, 3.63) is 35.2 Å². The van der Waals surface area contributed by atoms with Crippen LogP contribution in [0.4, 0.5) is 0 Å². The molecule has 1 aliphatic heterocycles. The molecular weight excluding hydrogens is 289 g/mol. The van der Waals surface area contributed by atoms with E-state index in [1.54, 1.807) is 12.1 Å². The van der Waals surface area contributed by atoms with Gasteiger partial charge in [-0.1, -0.05) is 28.9 Å². The van der Waals surface area contributed by atoms with Crippen molar-refractivity contribution in [2.45, 2.75) is 6.10 Å². The van der Waals surface area contributed by atoms with Crippen molar-refractivity contribution in [2.75, 3.05) is 19.7 Å². The highest BCUT2D eigenvalue weighted by molar-refractivity contribution is 6.30. The van der Waals surface area contributed by atoms with Crippen molar-refractivity contribution in [2.24, 2.45) is 0 Å². The van der Waals surface area contributed by atoms with Crippen molar-refractivity contribution in [1.29, 1.82) is 0 Å². The van der Waals surface area contributed by atoms with Crippen molar-refractivity contribution in [3.8, 4) is 11.4 Å². The molecule has 0 radical (unpaired) electrons. The predicted molar refractivity (Wildman–Crippen MR) is 73.6 cm³/mol. The van der Waals surface area contributed by atoms with E-state index in [9.17, 15) is 0 Å². The molecule has 1 atom stereocenters. The minimum absolute atomic E-state index is 0. The molecule has 0 aliphatic carbocycles. The van der Waals surface area contributed by atoms with Gasteiger partial charge in [-0.05, 0) is 12.1 Å². The average Bonchev–Trinajstić information content (AvgIpc) is 2.89. The van der Waals surface area contributed by atoms with Crippen LogP contribution in [0.1, 0.15) is 12.0 Å². The van der Waals surface area contributed by atoms with Crippen LogP contribution in [0.3, 0.4) is 0 Å².